The number of benzene rings is 1. The topological polar surface area (TPSA) is 47.6 Å². The Kier molecular flexibility index (Phi) is 3.49. The maximum absolute atomic E-state index is 8.58. The maximum Gasteiger partial charge on any atom is 0.0670 e. The van der Waals surface area contributed by atoms with Gasteiger partial charge in [0.2, 0.25) is 0 Å². The number of hydrogen-bond acceptors (Lipinski definition) is 2. The molecule has 0 bridgehead atoms. The smallest absolute Gasteiger partial charge is 0.0670 e. The first kappa shape index (κ1) is 9.77. The second kappa shape index (κ2) is 4.64. The molecule has 0 aliphatic rings. The van der Waals surface area contributed by atoms with Crippen LogP contribution in [0.1, 0.15) is 11.1 Å². The van der Waals surface area contributed by atoms with Gasteiger partial charge in [0.1, 0.15) is 0 Å². The lowest BCUT2D eigenvalue weighted by atomic mass is 10.0. The quantitative estimate of drug-likeness (QED) is 0.790. The van der Waals surface area contributed by atoms with E-state index in [2.05, 4.69) is 28.1 Å². The predicted molar refractivity (Wildman–Crippen MR) is 52.8 cm³/mol. The van der Waals surface area contributed by atoms with Crippen molar-refractivity contribution in [2.75, 3.05) is 0 Å². The average Bonchev–Trinajstić information content (AvgIpc) is 2.11. The highest BCUT2D eigenvalue weighted by Crippen LogP contribution is 2.21. The van der Waals surface area contributed by atoms with Gasteiger partial charge in [0.05, 0.1) is 25.0 Å². The zero-order valence-corrected chi connectivity index (χ0v) is 8.50. The molecule has 0 aliphatic heterocycles. The SMILES string of the molecule is N#CCc1cccc(Br)c1CC#N. The summed E-state index contributed by atoms with van der Waals surface area (Å²) in [6.07, 6.45) is 0.703. The molecule has 1 rings (SSSR count). The van der Waals surface area contributed by atoms with Crippen LogP contribution < -0.4 is 0 Å². The van der Waals surface area contributed by atoms with Crippen molar-refractivity contribution in [1.82, 2.24) is 0 Å². The second-order valence-electron chi connectivity index (χ2n) is 2.55. The van der Waals surface area contributed by atoms with Crippen LogP contribution in [0.4, 0.5) is 0 Å². The summed E-state index contributed by atoms with van der Waals surface area (Å²) in [6.45, 7) is 0. The van der Waals surface area contributed by atoms with E-state index in [1.165, 1.54) is 0 Å². The van der Waals surface area contributed by atoms with Crippen LogP contribution in [0.3, 0.4) is 0 Å². The molecule has 0 aliphatic carbocycles. The number of rotatable bonds is 2. The van der Waals surface area contributed by atoms with Crippen molar-refractivity contribution in [2.24, 2.45) is 0 Å². The third-order valence-electron chi connectivity index (χ3n) is 1.74. The molecule has 0 spiro atoms. The molecule has 0 radical (unpaired) electrons. The van der Waals surface area contributed by atoms with Gasteiger partial charge in [-0.3, -0.25) is 0 Å². The fourth-order valence-electron chi connectivity index (χ4n) is 1.13. The van der Waals surface area contributed by atoms with Crippen molar-refractivity contribution in [1.29, 1.82) is 10.5 Å². The molecular weight excluding hydrogens is 228 g/mol. The van der Waals surface area contributed by atoms with Gasteiger partial charge < -0.3 is 0 Å². The third kappa shape index (κ3) is 2.31. The number of halogens is 1. The normalized spacial score (nSPS) is 8.85. The van der Waals surface area contributed by atoms with Crippen molar-refractivity contribution < 1.29 is 0 Å². The lowest BCUT2D eigenvalue weighted by Gasteiger charge is -2.04. The molecule has 0 aromatic heterocycles. The fourth-order valence-corrected chi connectivity index (χ4v) is 1.68. The highest BCUT2D eigenvalue weighted by atomic mass is 79.9. The van der Waals surface area contributed by atoms with E-state index in [1.54, 1.807) is 0 Å². The Morgan fingerprint density at radius 2 is 1.85 bits per heavy atom. The van der Waals surface area contributed by atoms with Crippen LogP contribution in [0, 0.1) is 22.7 Å². The van der Waals surface area contributed by atoms with Gasteiger partial charge in [-0.1, -0.05) is 28.1 Å². The molecule has 0 saturated carbocycles. The summed E-state index contributed by atoms with van der Waals surface area (Å²) in [6, 6.07) is 9.79. The van der Waals surface area contributed by atoms with Crippen LogP contribution in [0.2, 0.25) is 0 Å². The first-order chi connectivity index (χ1) is 6.29. The Bertz CT molecular complexity index is 385. The minimum absolute atomic E-state index is 0.346. The van der Waals surface area contributed by atoms with Gasteiger partial charge >= 0.3 is 0 Å². The fraction of sp³-hybridized carbons (Fsp3) is 0.200. The molecule has 3 heteroatoms. The first-order valence-corrected chi connectivity index (χ1v) is 4.59. The zero-order chi connectivity index (χ0) is 9.68. The number of hydrogen-bond donors (Lipinski definition) is 0. The molecule has 0 heterocycles. The summed E-state index contributed by atoms with van der Waals surface area (Å²) in [5, 5.41) is 17.1. The van der Waals surface area contributed by atoms with Crippen molar-refractivity contribution in [2.45, 2.75) is 12.8 Å². The lowest BCUT2D eigenvalue weighted by Crippen LogP contribution is -1.93. The first-order valence-electron chi connectivity index (χ1n) is 3.79. The van der Waals surface area contributed by atoms with Crippen LogP contribution >= 0.6 is 15.9 Å². The Hall–Kier alpha value is -1.32. The van der Waals surface area contributed by atoms with Gasteiger partial charge in [-0.05, 0) is 17.2 Å². The number of nitriles is 2. The summed E-state index contributed by atoms with van der Waals surface area (Å²) in [5.74, 6) is 0. The largest absolute Gasteiger partial charge is 0.198 e. The monoisotopic (exact) mass is 234 g/mol. The van der Waals surface area contributed by atoms with Gasteiger partial charge in [0, 0.05) is 4.47 Å². The van der Waals surface area contributed by atoms with Crippen LogP contribution in [0.5, 0.6) is 0 Å². The van der Waals surface area contributed by atoms with E-state index in [4.69, 9.17) is 10.5 Å². The predicted octanol–water partition coefficient (Wildman–Crippen LogP) is 2.58. The van der Waals surface area contributed by atoms with Crippen LogP contribution in [0.15, 0.2) is 22.7 Å². The summed E-state index contributed by atoms with van der Waals surface area (Å²) in [4.78, 5) is 0. The zero-order valence-electron chi connectivity index (χ0n) is 6.92. The number of nitrogens with zero attached hydrogens (tertiary/aromatic N) is 2. The second-order valence-corrected chi connectivity index (χ2v) is 3.40. The van der Waals surface area contributed by atoms with Crippen LogP contribution in [0.25, 0.3) is 0 Å². The highest BCUT2D eigenvalue weighted by Gasteiger charge is 2.04. The van der Waals surface area contributed by atoms with Gasteiger partial charge in [0.15, 0.2) is 0 Å². The van der Waals surface area contributed by atoms with E-state index in [0.717, 1.165) is 15.6 Å². The van der Waals surface area contributed by atoms with E-state index in [1.807, 2.05) is 18.2 Å². The molecule has 0 saturated heterocycles. The molecule has 0 N–H and O–H groups in total. The molecule has 0 fully saturated rings. The third-order valence-corrected chi connectivity index (χ3v) is 2.48. The minimum Gasteiger partial charge on any atom is -0.198 e. The molecule has 1 aromatic rings. The molecule has 0 atom stereocenters. The molecule has 0 amide bonds. The highest BCUT2D eigenvalue weighted by molar-refractivity contribution is 9.10. The summed E-state index contributed by atoms with van der Waals surface area (Å²) < 4.78 is 0.904. The summed E-state index contributed by atoms with van der Waals surface area (Å²) in [7, 11) is 0. The van der Waals surface area contributed by atoms with E-state index in [9.17, 15) is 0 Å². The van der Waals surface area contributed by atoms with Crippen molar-refractivity contribution in [3.63, 3.8) is 0 Å². The van der Waals surface area contributed by atoms with Crippen LogP contribution in [-0.2, 0) is 12.8 Å². The van der Waals surface area contributed by atoms with Gasteiger partial charge in [-0.25, -0.2) is 0 Å². The molecule has 1 aromatic carbocycles. The molecule has 2 nitrogen and oxygen atoms in total. The Morgan fingerprint density at radius 1 is 1.15 bits per heavy atom. The Morgan fingerprint density at radius 3 is 2.46 bits per heavy atom. The van der Waals surface area contributed by atoms with Crippen molar-refractivity contribution >= 4 is 15.9 Å². The summed E-state index contributed by atoms with van der Waals surface area (Å²) >= 11 is 3.36. The lowest BCUT2D eigenvalue weighted by molar-refractivity contribution is 1.14. The van der Waals surface area contributed by atoms with Crippen LogP contribution in [-0.4, -0.2) is 0 Å². The average molecular weight is 235 g/mol. The molecule has 13 heavy (non-hydrogen) atoms. The molecule has 64 valence electrons. The van der Waals surface area contributed by atoms with Gasteiger partial charge in [0.25, 0.3) is 0 Å². The van der Waals surface area contributed by atoms with E-state index in [0.29, 0.717) is 12.8 Å². The standard InChI is InChI=1S/C10H7BrN2/c11-10-3-1-2-8(4-6-12)9(10)5-7-13/h1-3H,4-5H2. The van der Waals surface area contributed by atoms with Gasteiger partial charge in [-0.15, -0.1) is 0 Å². The van der Waals surface area contributed by atoms with Crippen molar-refractivity contribution in [3.05, 3.63) is 33.8 Å². The Balaban J connectivity index is 3.12. The molecular formula is C10H7BrN2. The maximum atomic E-state index is 8.58. The van der Waals surface area contributed by atoms with Crippen molar-refractivity contribution in [3.8, 4) is 12.1 Å². The van der Waals surface area contributed by atoms with Gasteiger partial charge in [-0.2, -0.15) is 10.5 Å². The van der Waals surface area contributed by atoms with E-state index >= 15 is 0 Å². The Labute approximate surface area is 85.5 Å². The van der Waals surface area contributed by atoms with E-state index < -0.39 is 0 Å². The van der Waals surface area contributed by atoms with E-state index in [-0.39, 0.29) is 0 Å². The minimum atomic E-state index is 0.346. The molecule has 0 unspecified atom stereocenters. The summed E-state index contributed by atoms with van der Waals surface area (Å²) in [5.41, 5.74) is 1.85.